The summed E-state index contributed by atoms with van der Waals surface area (Å²) in [5, 5.41) is 4.68. The van der Waals surface area contributed by atoms with Crippen molar-refractivity contribution in [1.29, 1.82) is 5.53 Å². The van der Waals surface area contributed by atoms with Gasteiger partial charge in [0, 0.05) is 30.3 Å². The average Bonchev–Trinajstić information content (AvgIpc) is 2.65. The van der Waals surface area contributed by atoms with Crippen molar-refractivity contribution in [2.75, 3.05) is 14.2 Å². The number of nitrogens with zero attached hydrogens (tertiary/aromatic N) is 3. The molecule has 2 heterocycles. The first-order chi connectivity index (χ1) is 11.8. The Morgan fingerprint density at radius 1 is 1.08 bits per heavy atom. The summed E-state index contributed by atoms with van der Waals surface area (Å²) in [5.41, 5.74) is 10.1. The van der Waals surface area contributed by atoms with Gasteiger partial charge in [-0.25, -0.2) is 5.53 Å². The van der Waals surface area contributed by atoms with Crippen molar-refractivity contribution in [2.24, 2.45) is 5.11 Å². The standard InChI is InChI=1S/C18H18N4O2/c1-23-13-10-14-12(6-8-21-18(14)17(11-13)24-2)9-16(22-19)15-5-3-4-7-20-15/h3-8,10-11,16,19H,9H2,1-2H3. The van der Waals surface area contributed by atoms with Crippen LogP contribution in [0.5, 0.6) is 11.5 Å². The van der Waals surface area contributed by atoms with Crippen molar-refractivity contribution in [3.05, 3.63) is 60.0 Å². The molecule has 122 valence electrons. The molecule has 0 bridgehead atoms. The van der Waals surface area contributed by atoms with E-state index in [9.17, 15) is 0 Å². The van der Waals surface area contributed by atoms with Crippen LogP contribution in [0.2, 0.25) is 0 Å². The van der Waals surface area contributed by atoms with Crippen LogP contribution in [0.25, 0.3) is 10.9 Å². The predicted molar refractivity (Wildman–Crippen MR) is 90.7 cm³/mol. The van der Waals surface area contributed by atoms with E-state index in [1.807, 2.05) is 36.4 Å². The van der Waals surface area contributed by atoms with Crippen molar-refractivity contribution < 1.29 is 9.47 Å². The summed E-state index contributed by atoms with van der Waals surface area (Å²) in [6, 6.07) is 11.0. The fraction of sp³-hybridized carbons (Fsp3) is 0.222. The van der Waals surface area contributed by atoms with Crippen molar-refractivity contribution in [3.8, 4) is 11.5 Å². The lowest BCUT2D eigenvalue weighted by Crippen LogP contribution is -2.03. The van der Waals surface area contributed by atoms with Gasteiger partial charge in [-0.15, -0.1) is 0 Å². The van der Waals surface area contributed by atoms with Crippen molar-refractivity contribution in [2.45, 2.75) is 12.5 Å². The fourth-order valence-electron chi connectivity index (χ4n) is 2.70. The molecule has 1 N–H and O–H groups in total. The largest absolute Gasteiger partial charge is 0.497 e. The van der Waals surface area contributed by atoms with Gasteiger partial charge in [0.25, 0.3) is 0 Å². The number of pyridine rings is 2. The molecule has 0 aliphatic rings. The van der Waals surface area contributed by atoms with Crippen LogP contribution in [0.3, 0.4) is 0 Å². The summed E-state index contributed by atoms with van der Waals surface area (Å²) >= 11 is 0. The molecular weight excluding hydrogens is 304 g/mol. The molecule has 0 saturated carbocycles. The number of aromatic nitrogens is 2. The normalized spacial score (nSPS) is 11.9. The Balaban J connectivity index is 2.07. The van der Waals surface area contributed by atoms with Gasteiger partial charge in [0.2, 0.25) is 0 Å². The molecule has 0 amide bonds. The van der Waals surface area contributed by atoms with Gasteiger partial charge in [-0.2, -0.15) is 5.11 Å². The van der Waals surface area contributed by atoms with Crippen LogP contribution in [0.15, 0.2) is 53.9 Å². The van der Waals surface area contributed by atoms with E-state index in [1.54, 1.807) is 26.6 Å². The number of nitrogens with one attached hydrogen (secondary N) is 1. The highest BCUT2D eigenvalue weighted by atomic mass is 16.5. The van der Waals surface area contributed by atoms with Gasteiger partial charge in [0.05, 0.1) is 19.9 Å². The van der Waals surface area contributed by atoms with Crippen molar-refractivity contribution in [3.63, 3.8) is 0 Å². The first-order valence-electron chi connectivity index (χ1n) is 7.54. The molecule has 0 spiro atoms. The van der Waals surface area contributed by atoms with Crippen LogP contribution in [0, 0.1) is 5.53 Å². The zero-order valence-electron chi connectivity index (χ0n) is 13.6. The smallest absolute Gasteiger partial charge is 0.148 e. The van der Waals surface area contributed by atoms with E-state index in [0.29, 0.717) is 17.9 Å². The van der Waals surface area contributed by atoms with Gasteiger partial charge in [-0.05, 0) is 29.8 Å². The molecule has 0 aliphatic heterocycles. The first-order valence-corrected chi connectivity index (χ1v) is 7.54. The first kappa shape index (κ1) is 15.9. The van der Waals surface area contributed by atoms with Crippen LogP contribution in [0.1, 0.15) is 17.3 Å². The maximum absolute atomic E-state index is 7.53. The molecule has 1 atom stereocenters. The maximum Gasteiger partial charge on any atom is 0.148 e. The molecule has 24 heavy (non-hydrogen) atoms. The SMILES string of the molecule is COc1cc(OC)c2nccc(CC(N=N)c3ccccn3)c2c1. The highest BCUT2D eigenvalue weighted by molar-refractivity contribution is 5.89. The Kier molecular flexibility index (Phi) is 4.65. The van der Waals surface area contributed by atoms with Gasteiger partial charge >= 0.3 is 0 Å². The minimum absolute atomic E-state index is 0.339. The van der Waals surface area contributed by atoms with Gasteiger partial charge in [-0.1, -0.05) is 6.07 Å². The predicted octanol–water partition coefficient (Wildman–Crippen LogP) is 3.96. The van der Waals surface area contributed by atoms with E-state index >= 15 is 0 Å². The Morgan fingerprint density at radius 3 is 2.62 bits per heavy atom. The molecule has 0 radical (unpaired) electrons. The second-order valence-corrected chi connectivity index (χ2v) is 5.30. The van der Waals surface area contributed by atoms with Crippen LogP contribution in [0.4, 0.5) is 0 Å². The van der Waals surface area contributed by atoms with Crippen molar-refractivity contribution >= 4 is 10.9 Å². The Bertz CT molecular complexity index is 852. The van der Waals surface area contributed by atoms with Crippen LogP contribution >= 0.6 is 0 Å². The highest BCUT2D eigenvalue weighted by Crippen LogP contribution is 2.33. The lowest BCUT2D eigenvalue weighted by atomic mass is 9.99. The maximum atomic E-state index is 7.53. The summed E-state index contributed by atoms with van der Waals surface area (Å²) in [5.74, 6) is 1.36. The van der Waals surface area contributed by atoms with E-state index in [2.05, 4.69) is 15.1 Å². The summed E-state index contributed by atoms with van der Waals surface area (Å²) in [6.45, 7) is 0. The zero-order chi connectivity index (χ0) is 16.9. The third-order valence-electron chi connectivity index (χ3n) is 3.93. The number of ether oxygens (including phenoxy) is 2. The van der Waals surface area contributed by atoms with E-state index in [4.69, 9.17) is 15.0 Å². The van der Waals surface area contributed by atoms with E-state index < -0.39 is 0 Å². The summed E-state index contributed by atoms with van der Waals surface area (Å²) in [7, 11) is 3.23. The Hall–Kier alpha value is -3.02. The topological polar surface area (TPSA) is 80.5 Å². The molecule has 0 saturated heterocycles. The number of hydrogen-bond acceptors (Lipinski definition) is 6. The van der Waals surface area contributed by atoms with Crippen molar-refractivity contribution in [1.82, 2.24) is 9.97 Å². The summed E-state index contributed by atoms with van der Waals surface area (Å²) in [4.78, 5) is 8.74. The molecular formula is C18H18N4O2. The molecule has 2 aromatic heterocycles. The van der Waals surface area contributed by atoms with Crippen LogP contribution in [-0.2, 0) is 6.42 Å². The minimum atomic E-state index is -0.339. The summed E-state index contributed by atoms with van der Waals surface area (Å²) in [6.07, 6.45) is 4.01. The van der Waals surface area contributed by atoms with Gasteiger partial charge in [-0.3, -0.25) is 9.97 Å². The summed E-state index contributed by atoms with van der Waals surface area (Å²) < 4.78 is 10.8. The highest BCUT2D eigenvalue weighted by Gasteiger charge is 2.16. The van der Waals surface area contributed by atoms with Gasteiger partial charge in [0.1, 0.15) is 23.1 Å². The average molecular weight is 322 g/mol. The molecule has 0 aliphatic carbocycles. The molecule has 3 rings (SSSR count). The van der Waals surface area contributed by atoms with E-state index in [0.717, 1.165) is 22.2 Å². The Labute approximate surface area is 140 Å². The minimum Gasteiger partial charge on any atom is -0.497 e. The fourth-order valence-corrected chi connectivity index (χ4v) is 2.70. The second-order valence-electron chi connectivity index (χ2n) is 5.30. The molecule has 3 aromatic rings. The second kappa shape index (κ2) is 7.04. The van der Waals surface area contributed by atoms with Crippen LogP contribution in [-0.4, -0.2) is 24.2 Å². The number of benzene rings is 1. The third kappa shape index (κ3) is 3.03. The monoisotopic (exact) mass is 322 g/mol. The van der Waals surface area contributed by atoms with Crippen LogP contribution < -0.4 is 9.47 Å². The number of methoxy groups -OCH3 is 2. The molecule has 1 unspecified atom stereocenters. The number of fused-ring (bicyclic) bond motifs is 1. The number of rotatable bonds is 6. The van der Waals surface area contributed by atoms with E-state index in [-0.39, 0.29) is 6.04 Å². The lowest BCUT2D eigenvalue weighted by molar-refractivity contribution is 0.397. The van der Waals surface area contributed by atoms with Gasteiger partial charge in [0.15, 0.2) is 0 Å². The molecule has 6 nitrogen and oxygen atoms in total. The van der Waals surface area contributed by atoms with E-state index in [1.165, 1.54) is 0 Å². The number of hydrogen-bond donors (Lipinski definition) is 1. The zero-order valence-corrected chi connectivity index (χ0v) is 13.6. The quantitative estimate of drug-likeness (QED) is 0.696. The van der Waals surface area contributed by atoms with Gasteiger partial charge < -0.3 is 9.47 Å². The lowest BCUT2D eigenvalue weighted by Gasteiger charge is -2.14. The molecule has 6 heteroatoms. The third-order valence-corrected chi connectivity index (χ3v) is 3.93. The molecule has 0 fully saturated rings. The Morgan fingerprint density at radius 2 is 1.96 bits per heavy atom. The molecule has 1 aromatic carbocycles.